The normalized spacial score (nSPS) is 17.5. The van der Waals surface area contributed by atoms with E-state index in [0.29, 0.717) is 12.2 Å². The lowest BCUT2D eigenvalue weighted by atomic mass is 10.1. The maximum atomic E-state index is 12.2. The van der Waals surface area contributed by atoms with Crippen LogP contribution >= 0.6 is 0 Å². The number of imidazole rings is 1. The van der Waals surface area contributed by atoms with Crippen molar-refractivity contribution in [3.8, 4) is 5.75 Å². The number of nitrogens with one attached hydrogen (secondary N) is 1. The molecule has 0 bridgehead atoms. The van der Waals surface area contributed by atoms with Crippen molar-refractivity contribution >= 4 is 10.0 Å². The summed E-state index contributed by atoms with van der Waals surface area (Å²) >= 11 is 0. The third-order valence-electron chi connectivity index (χ3n) is 3.58. The fraction of sp³-hybridized carbons (Fsp3) is 0.357. The van der Waals surface area contributed by atoms with Crippen molar-refractivity contribution in [2.45, 2.75) is 24.5 Å². The van der Waals surface area contributed by atoms with Crippen molar-refractivity contribution < 1.29 is 13.2 Å². The van der Waals surface area contributed by atoms with Crippen LogP contribution in [0.15, 0.2) is 35.5 Å². The van der Waals surface area contributed by atoms with Crippen LogP contribution < -0.4 is 9.46 Å². The van der Waals surface area contributed by atoms with Gasteiger partial charge in [-0.2, -0.15) is 0 Å². The number of fused-ring (bicyclic) bond motifs is 1. The number of sulfonamides is 1. The quantitative estimate of drug-likeness (QED) is 0.915. The zero-order chi connectivity index (χ0) is 15.0. The molecule has 0 fully saturated rings. The van der Waals surface area contributed by atoms with Gasteiger partial charge in [0.25, 0.3) is 10.0 Å². The molecule has 0 saturated carbocycles. The van der Waals surface area contributed by atoms with E-state index in [1.807, 2.05) is 24.3 Å². The zero-order valence-corrected chi connectivity index (χ0v) is 12.7. The fourth-order valence-corrected chi connectivity index (χ4v) is 3.40. The molecule has 7 heteroatoms. The molecule has 2 heterocycles. The van der Waals surface area contributed by atoms with E-state index in [2.05, 4.69) is 9.71 Å². The Hall–Kier alpha value is -1.86. The third kappa shape index (κ3) is 2.79. The number of hydrogen-bond acceptors (Lipinski definition) is 4. The molecule has 0 amide bonds. The largest absolute Gasteiger partial charge is 0.488 e. The topological polar surface area (TPSA) is 73.2 Å². The van der Waals surface area contributed by atoms with E-state index in [4.69, 9.17) is 4.74 Å². The van der Waals surface area contributed by atoms with Gasteiger partial charge >= 0.3 is 0 Å². The van der Waals surface area contributed by atoms with Gasteiger partial charge in [-0.05, 0) is 18.6 Å². The van der Waals surface area contributed by atoms with Crippen LogP contribution in [0, 0.1) is 6.92 Å². The van der Waals surface area contributed by atoms with Crippen LogP contribution in [-0.2, 0) is 23.5 Å². The van der Waals surface area contributed by atoms with Crippen LogP contribution in [0.1, 0.15) is 11.4 Å². The van der Waals surface area contributed by atoms with Crippen LogP contribution in [0.5, 0.6) is 5.75 Å². The van der Waals surface area contributed by atoms with Crippen molar-refractivity contribution in [3.63, 3.8) is 0 Å². The van der Waals surface area contributed by atoms with Crippen LogP contribution in [0.4, 0.5) is 0 Å². The summed E-state index contributed by atoms with van der Waals surface area (Å²) in [5.41, 5.74) is 1.11. The van der Waals surface area contributed by atoms with Gasteiger partial charge in [0.15, 0.2) is 5.03 Å². The number of aromatic nitrogens is 2. The first-order valence-electron chi connectivity index (χ1n) is 6.70. The Kier molecular flexibility index (Phi) is 3.46. The summed E-state index contributed by atoms with van der Waals surface area (Å²) in [5.74, 6) is 1.48. The van der Waals surface area contributed by atoms with Gasteiger partial charge < -0.3 is 9.30 Å². The van der Waals surface area contributed by atoms with Gasteiger partial charge in [-0.3, -0.25) is 0 Å². The molecule has 1 aromatic carbocycles. The van der Waals surface area contributed by atoms with Crippen LogP contribution in [0.25, 0.3) is 0 Å². The van der Waals surface area contributed by atoms with E-state index >= 15 is 0 Å². The molecule has 1 aliphatic heterocycles. The van der Waals surface area contributed by atoms with Crippen molar-refractivity contribution in [2.24, 2.45) is 7.05 Å². The van der Waals surface area contributed by atoms with Crippen molar-refractivity contribution in [3.05, 3.63) is 41.9 Å². The number of ether oxygens (including phenoxy) is 1. The summed E-state index contributed by atoms with van der Waals surface area (Å²) in [6.07, 6.45) is 2.03. The molecule has 1 aliphatic rings. The minimum absolute atomic E-state index is 0.0398. The summed E-state index contributed by atoms with van der Waals surface area (Å²) in [7, 11) is -1.84. The minimum atomic E-state index is -3.60. The molecule has 21 heavy (non-hydrogen) atoms. The van der Waals surface area contributed by atoms with Gasteiger partial charge in [-0.25, -0.2) is 18.1 Å². The van der Waals surface area contributed by atoms with Crippen LogP contribution in [0.2, 0.25) is 0 Å². The second-order valence-corrected chi connectivity index (χ2v) is 6.85. The lowest BCUT2D eigenvalue weighted by molar-refractivity contribution is 0.236. The van der Waals surface area contributed by atoms with E-state index in [1.54, 1.807) is 18.5 Å². The Morgan fingerprint density at radius 1 is 1.43 bits per heavy atom. The van der Waals surface area contributed by atoms with Gasteiger partial charge in [0, 0.05) is 26.2 Å². The Balaban J connectivity index is 1.66. The maximum Gasteiger partial charge on any atom is 0.259 e. The Morgan fingerprint density at radius 3 is 2.86 bits per heavy atom. The fourth-order valence-electron chi connectivity index (χ4n) is 2.30. The number of aryl methyl sites for hydroxylation is 2. The van der Waals surface area contributed by atoms with E-state index in [-0.39, 0.29) is 17.7 Å². The van der Waals surface area contributed by atoms with Gasteiger partial charge in [0.05, 0.1) is 0 Å². The highest BCUT2D eigenvalue weighted by Gasteiger charge is 2.25. The number of nitrogens with zero attached hydrogens (tertiary/aromatic N) is 2. The molecule has 2 aromatic rings. The second-order valence-electron chi connectivity index (χ2n) is 5.14. The smallest absolute Gasteiger partial charge is 0.259 e. The summed E-state index contributed by atoms with van der Waals surface area (Å²) in [6.45, 7) is 1.99. The Bertz CT molecular complexity index is 723. The van der Waals surface area contributed by atoms with E-state index < -0.39 is 10.0 Å². The van der Waals surface area contributed by atoms with Crippen molar-refractivity contribution in [1.29, 1.82) is 0 Å². The molecule has 3 rings (SSSR count). The predicted molar refractivity (Wildman–Crippen MR) is 77.7 cm³/mol. The summed E-state index contributed by atoms with van der Waals surface area (Å²) in [5, 5.41) is 0.0398. The molecular formula is C14H17N3O3S. The molecule has 0 saturated heterocycles. The first-order valence-corrected chi connectivity index (χ1v) is 8.18. The first-order chi connectivity index (χ1) is 9.95. The SMILES string of the molecule is Cc1nc(S(=O)(=O)NC[C@@H]2Cc3ccccc3O2)cn1C. The molecular weight excluding hydrogens is 290 g/mol. The summed E-state index contributed by atoms with van der Waals surface area (Å²) in [6, 6.07) is 7.74. The molecule has 1 atom stereocenters. The van der Waals surface area contributed by atoms with E-state index in [9.17, 15) is 8.42 Å². The molecule has 0 aliphatic carbocycles. The Morgan fingerprint density at radius 2 is 2.19 bits per heavy atom. The molecule has 1 aromatic heterocycles. The Labute approximate surface area is 123 Å². The van der Waals surface area contributed by atoms with Crippen LogP contribution in [-0.4, -0.2) is 30.6 Å². The maximum absolute atomic E-state index is 12.2. The molecule has 0 radical (unpaired) electrons. The van der Waals surface area contributed by atoms with Gasteiger partial charge in [0.1, 0.15) is 17.7 Å². The highest BCUT2D eigenvalue weighted by atomic mass is 32.2. The average molecular weight is 307 g/mol. The lowest BCUT2D eigenvalue weighted by Gasteiger charge is -2.11. The zero-order valence-electron chi connectivity index (χ0n) is 11.9. The monoisotopic (exact) mass is 307 g/mol. The van der Waals surface area contributed by atoms with Crippen molar-refractivity contribution in [2.75, 3.05) is 6.54 Å². The minimum Gasteiger partial charge on any atom is -0.488 e. The summed E-state index contributed by atoms with van der Waals surface area (Å²) < 4.78 is 34.3. The molecule has 6 nitrogen and oxygen atoms in total. The molecule has 1 N–H and O–H groups in total. The van der Waals surface area contributed by atoms with Gasteiger partial charge in [-0.15, -0.1) is 0 Å². The standard InChI is InChI=1S/C14H17N3O3S/c1-10-16-14(9-17(10)2)21(18,19)15-8-12-7-11-5-3-4-6-13(11)20-12/h3-6,9,12,15H,7-8H2,1-2H3/t12-/m0/s1. The predicted octanol–water partition coefficient (Wildman–Crippen LogP) is 1.01. The first kappa shape index (κ1) is 14.1. The highest BCUT2D eigenvalue weighted by molar-refractivity contribution is 7.89. The van der Waals surface area contributed by atoms with Crippen LogP contribution in [0.3, 0.4) is 0 Å². The van der Waals surface area contributed by atoms with Crippen molar-refractivity contribution in [1.82, 2.24) is 14.3 Å². The number of para-hydroxylation sites is 1. The number of hydrogen-bond donors (Lipinski definition) is 1. The number of benzene rings is 1. The highest BCUT2D eigenvalue weighted by Crippen LogP contribution is 2.27. The van der Waals surface area contributed by atoms with Gasteiger partial charge in [0.2, 0.25) is 0 Å². The van der Waals surface area contributed by atoms with Gasteiger partial charge in [-0.1, -0.05) is 18.2 Å². The molecule has 112 valence electrons. The van der Waals surface area contributed by atoms with E-state index in [0.717, 1.165) is 11.3 Å². The number of rotatable bonds is 4. The van der Waals surface area contributed by atoms with E-state index in [1.165, 1.54) is 6.20 Å². The lowest BCUT2D eigenvalue weighted by Crippen LogP contribution is -2.34. The summed E-state index contributed by atoms with van der Waals surface area (Å²) in [4.78, 5) is 4.04. The molecule has 0 spiro atoms. The third-order valence-corrected chi connectivity index (χ3v) is 4.87. The molecule has 0 unspecified atom stereocenters. The second kappa shape index (κ2) is 5.16. The average Bonchev–Trinajstić information content (AvgIpc) is 3.01.